The SMILES string of the molecule is Cn1nnc(C(=NN(c2ccccc2)c2ccccc2)[N+](=O)[O-])n1. The Balaban J connectivity index is 2.12. The van der Waals surface area contributed by atoms with Crippen molar-refractivity contribution < 1.29 is 4.92 Å². The topological polar surface area (TPSA) is 102 Å². The standard InChI is InChI=1S/C15H13N7O2/c1-20-17-14(16-19-20)15(22(23)24)18-21(12-8-4-2-5-9-12)13-10-6-3-7-11-13/h2-11H,1H3. The molecule has 2 aromatic carbocycles. The quantitative estimate of drug-likeness (QED) is 0.315. The molecule has 3 aromatic rings. The van der Waals surface area contributed by atoms with Crippen molar-refractivity contribution in [3.05, 3.63) is 76.6 Å². The van der Waals surface area contributed by atoms with Gasteiger partial charge in [0.05, 0.1) is 23.5 Å². The maximum Gasteiger partial charge on any atom is 0.437 e. The number of aryl methyl sites for hydroxylation is 1. The van der Waals surface area contributed by atoms with E-state index in [1.54, 1.807) is 24.3 Å². The van der Waals surface area contributed by atoms with Crippen LogP contribution in [0.15, 0.2) is 65.8 Å². The summed E-state index contributed by atoms with van der Waals surface area (Å²) in [5.74, 6) is -0.643. The Morgan fingerprint density at radius 3 is 2.04 bits per heavy atom. The van der Waals surface area contributed by atoms with E-state index in [9.17, 15) is 10.1 Å². The lowest BCUT2D eigenvalue weighted by Crippen LogP contribution is -2.21. The van der Waals surface area contributed by atoms with Gasteiger partial charge in [0.2, 0.25) is 0 Å². The molecule has 1 aromatic heterocycles. The number of para-hydroxylation sites is 2. The molecule has 9 heteroatoms. The molecule has 1 heterocycles. The molecule has 0 amide bonds. The van der Waals surface area contributed by atoms with Crippen LogP contribution in [-0.4, -0.2) is 31.0 Å². The van der Waals surface area contributed by atoms with E-state index in [2.05, 4.69) is 20.5 Å². The van der Waals surface area contributed by atoms with Crippen LogP contribution in [0, 0.1) is 10.1 Å². The second-order valence-corrected chi connectivity index (χ2v) is 4.77. The largest absolute Gasteiger partial charge is 0.437 e. The van der Waals surface area contributed by atoms with E-state index >= 15 is 0 Å². The van der Waals surface area contributed by atoms with Gasteiger partial charge >= 0.3 is 5.84 Å². The number of hydrogen-bond donors (Lipinski definition) is 0. The molecule has 0 aliphatic carbocycles. The lowest BCUT2D eigenvalue weighted by molar-refractivity contribution is -0.349. The third kappa shape index (κ3) is 3.24. The molecule has 0 atom stereocenters. The van der Waals surface area contributed by atoms with Crippen molar-refractivity contribution in [3.63, 3.8) is 0 Å². The van der Waals surface area contributed by atoms with Crippen molar-refractivity contribution >= 4 is 17.2 Å². The van der Waals surface area contributed by atoms with Gasteiger partial charge < -0.3 is 10.1 Å². The van der Waals surface area contributed by atoms with E-state index in [1.165, 1.54) is 12.1 Å². The summed E-state index contributed by atoms with van der Waals surface area (Å²) in [6.45, 7) is 0. The van der Waals surface area contributed by atoms with Gasteiger partial charge in [-0.25, -0.2) is 0 Å². The average Bonchev–Trinajstić information content (AvgIpc) is 3.03. The Kier molecular flexibility index (Phi) is 4.23. The number of nitro groups is 1. The Bertz CT molecular complexity index is 822. The van der Waals surface area contributed by atoms with Crippen LogP contribution in [0.5, 0.6) is 0 Å². The number of nitrogens with zero attached hydrogens (tertiary/aromatic N) is 7. The zero-order valence-electron chi connectivity index (χ0n) is 12.7. The highest BCUT2D eigenvalue weighted by molar-refractivity contribution is 5.89. The molecule has 9 nitrogen and oxygen atoms in total. The molecule has 0 aliphatic rings. The zero-order chi connectivity index (χ0) is 16.9. The predicted molar refractivity (Wildman–Crippen MR) is 87.4 cm³/mol. The van der Waals surface area contributed by atoms with Crippen molar-refractivity contribution in [1.29, 1.82) is 0 Å². The number of amidine groups is 1. The molecule has 0 unspecified atom stereocenters. The van der Waals surface area contributed by atoms with Gasteiger partial charge in [-0.05, 0) is 34.4 Å². The van der Waals surface area contributed by atoms with E-state index in [0.29, 0.717) is 11.4 Å². The number of hydrazone groups is 1. The number of anilines is 2. The van der Waals surface area contributed by atoms with Gasteiger partial charge in [-0.15, -0.1) is 10.1 Å². The van der Waals surface area contributed by atoms with E-state index in [4.69, 9.17) is 0 Å². The first kappa shape index (κ1) is 15.3. The van der Waals surface area contributed by atoms with Crippen LogP contribution in [0.3, 0.4) is 0 Å². The molecule has 0 bridgehead atoms. The van der Waals surface area contributed by atoms with Crippen LogP contribution in [0.25, 0.3) is 0 Å². The molecular weight excluding hydrogens is 310 g/mol. The predicted octanol–water partition coefficient (Wildman–Crippen LogP) is 1.99. The van der Waals surface area contributed by atoms with Gasteiger partial charge in [-0.1, -0.05) is 41.5 Å². The van der Waals surface area contributed by atoms with Crippen LogP contribution < -0.4 is 5.01 Å². The Hall–Kier alpha value is -3.62. The van der Waals surface area contributed by atoms with Crippen molar-refractivity contribution in [2.75, 3.05) is 5.01 Å². The smallest absolute Gasteiger partial charge is 0.358 e. The molecule has 24 heavy (non-hydrogen) atoms. The van der Waals surface area contributed by atoms with E-state index in [-0.39, 0.29) is 5.82 Å². The Morgan fingerprint density at radius 1 is 1.08 bits per heavy atom. The molecule has 0 spiro atoms. The monoisotopic (exact) mass is 323 g/mol. The van der Waals surface area contributed by atoms with Crippen LogP contribution >= 0.6 is 0 Å². The van der Waals surface area contributed by atoms with Crippen molar-refractivity contribution in [3.8, 4) is 0 Å². The van der Waals surface area contributed by atoms with Crippen LogP contribution in [-0.2, 0) is 7.05 Å². The maximum atomic E-state index is 11.4. The Morgan fingerprint density at radius 2 is 1.62 bits per heavy atom. The summed E-state index contributed by atoms with van der Waals surface area (Å²) in [6, 6.07) is 18.2. The average molecular weight is 323 g/mol. The second kappa shape index (κ2) is 6.65. The molecule has 0 N–H and O–H groups in total. The zero-order valence-corrected chi connectivity index (χ0v) is 12.7. The second-order valence-electron chi connectivity index (χ2n) is 4.77. The molecule has 0 fully saturated rings. The lowest BCUT2D eigenvalue weighted by atomic mass is 10.2. The summed E-state index contributed by atoms with van der Waals surface area (Å²) >= 11 is 0. The summed E-state index contributed by atoms with van der Waals surface area (Å²) in [4.78, 5) is 12.0. The maximum absolute atomic E-state index is 11.4. The van der Waals surface area contributed by atoms with Gasteiger partial charge in [-0.3, -0.25) is 0 Å². The minimum Gasteiger partial charge on any atom is -0.358 e. The molecule has 3 rings (SSSR count). The number of rotatable bonds is 4. The Labute approximate surface area is 137 Å². The van der Waals surface area contributed by atoms with E-state index in [0.717, 1.165) is 4.80 Å². The summed E-state index contributed by atoms with van der Waals surface area (Å²) < 4.78 is 0. The molecule has 120 valence electrons. The summed E-state index contributed by atoms with van der Waals surface area (Å²) in [6.07, 6.45) is 0. The molecule has 0 radical (unpaired) electrons. The fourth-order valence-electron chi connectivity index (χ4n) is 2.03. The van der Waals surface area contributed by atoms with Crippen molar-refractivity contribution in [2.45, 2.75) is 0 Å². The van der Waals surface area contributed by atoms with Gasteiger partial charge in [-0.2, -0.15) is 4.80 Å². The molecule has 0 saturated heterocycles. The van der Waals surface area contributed by atoms with Gasteiger partial charge in [0.15, 0.2) is 0 Å². The first-order valence-corrected chi connectivity index (χ1v) is 7.03. The van der Waals surface area contributed by atoms with E-state index in [1.807, 2.05) is 36.4 Å². The highest BCUT2D eigenvalue weighted by Crippen LogP contribution is 2.25. The first-order valence-electron chi connectivity index (χ1n) is 7.03. The summed E-state index contributed by atoms with van der Waals surface area (Å²) in [5.41, 5.74) is 1.35. The lowest BCUT2D eigenvalue weighted by Gasteiger charge is -2.13. The minimum absolute atomic E-state index is 0.153. The third-order valence-corrected chi connectivity index (χ3v) is 3.08. The molecule has 0 aliphatic heterocycles. The third-order valence-electron chi connectivity index (χ3n) is 3.08. The first-order chi connectivity index (χ1) is 11.6. The summed E-state index contributed by atoms with van der Waals surface area (Å²) in [7, 11) is 1.53. The number of aromatic nitrogens is 4. The number of hydrogen-bond acceptors (Lipinski definition) is 7. The van der Waals surface area contributed by atoms with Gasteiger partial charge in [0, 0.05) is 0 Å². The van der Waals surface area contributed by atoms with Gasteiger partial charge in [0.25, 0.3) is 5.82 Å². The summed E-state index contributed by atoms with van der Waals surface area (Å²) in [5, 5.41) is 28.3. The van der Waals surface area contributed by atoms with Crippen LogP contribution in [0.1, 0.15) is 5.82 Å². The molecule has 0 saturated carbocycles. The van der Waals surface area contributed by atoms with E-state index < -0.39 is 10.8 Å². The normalized spacial score (nSPS) is 11.3. The highest BCUT2D eigenvalue weighted by atomic mass is 16.6. The van der Waals surface area contributed by atoms with Crippen molar-refractivity contribution in [2.24, 2.45) is 12.1 Å². The van der Waals surface area contributed by atoms with Gasteiger partial charge in [0.1, 0.15) is 0 Å². The van der Waals surface area contributed by atoms with Crippen LogP contribution in [0.4, 0.5) is 11.4 Å². The van der Waals surface area contributed by atoms with Crippen LogP contribution in [0.2, 0.25) is 0 Å². The fraction of sp³-hybridized carbons (Fsp3) is 0.0667. The number of benzene rings is 2. The minimum atomic E-state index is -0.629. The fourth-order valence-corrected chi connectivity index (χ4v) is 2.03. The highest BCUT2D eigenvalue weighted by Gasteiger charge is 2.26. The molecular formula is C15H13N7O2. The van der Waals surface area contributed by atoms with Crippen molar-refractivity contribution in [1.82, 2.24) is 20.2 Å². The number of tetrazole rings is 1.